The molecule has 0 saturated heterocycles. The van der Waals surface area contributed by atoms with Crippen molar-refractivity contribution in [3.8, 4) is 0 Å². The topological polar surface area (TPSA) is 32.3 Å². The second-order valence-corrected chi connectivity index (χ2v) is 5.89. The van der Waals surface area contributed by atoms with Gasteiger partial charge in [-0.05, 0) is 43.4 Å². The highest BCUT2D eigenvalue weighted by Gasteiger charge is 2.32. The molecule has 0 amide bonds. The summed E-state index contributed by atoms with van der Waals surface area (Å²) >= 11 is 0. The summed E-state index contributed by atoms with van der Waals surface area (Å²) in [5, 5.41) is 13.1. The van der Waals surface area contributed by atoms with Gasteiger partial charge in [0.1, 0.15) is 0 Å². The molecule has 0 aliphatic heterocycles. The van der Waals surface area contributed by atoms with E-state index in [1.807, 2.05) is 0 Å². The molecule has 2 nitrogen and oxygen atoms in total. The SMILES string of the molecule is Cc1ccc(CNCC2(CO)CCCC2)cc1C. The Bertz CT molecular complexity index is 394. The Morgan fingerprint density at radius 3 is 2.50 bits per heavy atom. The number of nitrogens with one attached hydrogen (secondary N) is 1. The molecule has 18 heavy (non-hydrogen) atoms. The maximum Gasteiger partial charge on any atom is 0.0499 e. The fraction of sp³-hybridized carbons (Fsp3) is 0.625. The molecule has 2 N–H and O–H groups in total. The van der Waals surface area contributed by atoms with Crippen LogP contribution in [0.1, 0.15) is 42.4 Å². The van der Waals surface area contributed by atoms with Gasteiger partial charge in [-0.25, -0.2) is 0 Å². The van der Waals surface area contributed by atoms with Crippen LogP contribution in [0.2, 0.25) is 0 Å². The van der Waals surface area contributed by atoms with Crippen LogP contribution in [0.15, 0.2) is 18.2 Å². The standard InChI is InChI=1S/C16H25NO/c1-13-5-6-15(9-14(13)2)10-17-11-16(12-18)7-3-4-8-16/h5-6,9,17-18H,3-4,7-8,10-12H2,1-2H3. The average Bonchev–Trinajstić information content (AvgIpc) is 2.83. The van der Waals surface area contributed by atoms with E-state index in [1.54, 1.807) is 0 Å². The molecule has 1 aromatic carbocycles. The van der Waals surface area contributed by atoms with Crippen LogP contribution >= 0.6 is 0 Å². The maximum absolute atomic E-state index is 9.55. The summed E-state index contributed by atoms with van der Waals surface area (Å²) in [6.45, 7) is 6.48. The minimum Gasteiger partial charge on any atom is -0.396 e. The monoisotopic (exact) mass is 247 g/mol. The first kappa shape index (κ1) is 13.6. The van der Waals surface area contributed by atoms with Crippen LogP contribution in [0.5, 0.6) is 0 Å². The maximum atomic E-state index is 9.55. The Labute approximate surface area is 110 Å². The summed E-state index contributed by atoms with van der Waals surface area (Å²) in [5.41, 5.74) is 4.19. The van der Waals surface area contributed by atoms with Gasteiger partial charge in [-0.15, -0.1) is 0 Å². The van der Waals surface area contributed by atoms with Crippen molar-refractivity contribution >= 4 is 0 Å². The second kappa shape index (κ2) is 5.85. The Balaban J connectivity index is 1.86. The lowest BCUT2D eigenvalue weighted by atomic mass is 9.87. The first-order valence-electron chi connectivity index (χ1n) is 7.03. The molecule has 1 aliphatic carbocycles. The molecular formula is C16H25NO. The zero-order valence-corrected chi connectivity index (χ0v) is 11.6. The summed E-state index contributed by atoms with van der Waals surface area (Å²) in [6, 6.07) is 6.63. The van der Waals surface area contributed by atoms with E-state index in [0.717, 1.165) is 13.1 Å². The third kappa shape index (κ3) is 3.12. The first-order chi connectivity index (χ1) is 8.65. The van der Waals surface area contributed by atoms with E-state index in [-0.39, 0.29) is 5.41 Å². The van der Waals surface area contributed by atoms with Crippen molar-refractivity contribution in [1.29, 1.82) is 0 Å². The van der Waals surface area contributed by atoms with Crippen molar-refractivity contribution in [3.63, 3.8) is 0 Å². The highest BCUT2D eigenvalue weighted by atomic mass is 16.3. The molecule has 2 rings (SSSR count). The van der Waals surface area contributed by atoms with E-state index >= 15 is 0 Å². The van der Waals surface area contributed by atoms with Crippen molar-refractivity contribution < 1.29 is 5.11 Å². The fourth-order valence-corrected chi connectivity index (χ4v) is 2.90. The number of aryl methyl sites for hydroxylation is 2. The third-order valence-corrected chi connectivity index (χ3v) is 4.40. The van der Waals surface area contributed by atoms with Gasteiger partial charge in [-0.2, -0.15) is 0 Å². The lowest BCUT2D eigenvalue weighted by Gasteiger charge is -2.26. The van der Waals surface area contributed by atoms with Crippen LogP contribution in [0.3, 0.4) is 0 Å². The third-order valence-electron chi connectivity index (χ3n) is 4.40. The molecule has 0 aromatic heterocycles. The van der Waals surface area contributed by atoms with E-state index in [4.69, 9.17) is 0 Å². The van der Waals surface area contributed by atoms with E-state index in [1.165, 1.54) is 42.4 Å². The van der Waals surface area contributed by atoms with Gasteiger partial charge in [0, 0.05) is 25.1 Å². The molecule has 0 atom stereocenters. The Morgan fingerprint density at radius 2 is 1.89 bits per heavy atom. The second-order valence-electron chi connectivity index (χ2n) is 5.89. The number of hydrogen-bond acceptors (Lipinski definition) is 2. The van der Waals surface area contributed by atoms with E-state index < -0.39 is 0 Å². The lowest BCUT2D eigenvalue weighted by molar-refractivity contribution is 0.128. The molecular weight excluding hydrogens is 222 g/mol. The molecule has 100 valence electrons. The molecule has 0 heterocycles. The summed E-state index contributed by atoms with van der Waals surface area (Å²) in [4.78, 5) is 0. The smallest absolute Gasteiger partial charge is 0.0499 e. The molecule has 2 heteroatoms. The van der Waals surface area contributed by atoms with Crippen LogP contribution in [0, 0.1) is 19.3 Å². The molecule has 1 aromatic rings. The lowest BCUT2D eigenvalue weighted by Crippen LogP contribution is -2.34. The highest BCUT2D eigenvalue weighted by Crippen LogP contribution is 2.36. The van der Waals surface area contributed by atoms with Gasteiger partial charge in [0.05, 0.1) is 0 Å². The van der Waals surface area contributed by atoms with E-state index in [9.17, 15) is 5.11 Å². The largest absolute Gasteiger partial charge is 0.396 e. The molecule has 0 radical (unpaired) electrons. The molecule has 0 bridgehead atoms. The van der Waals surface area contributed by atoms with Gasteiger partial charge in [-0.3, -0.25) is 0 Å². The molecule has 1 aliphatic rings. The van der Waals surface area contributed by atoms with Crippen LogP contribution in [0.25, 0.3) is 0 Å². The Morgan fingerprint density at radius 1 is 1.17 bits per heavy atom. The highest BCUT2D eigenvalue weighted by molar-refractivity contribution is 5.29. The minimum absolute atomic E-state index is 0.153. The number of aliphatic hydroxyl groups excluding tert-OH is 1. The summed E-state index contributed by atoms with van der Waals surface area (Å²) < 4.78 is 0. The molecule has 0 unspecified atom stereocenters. The number of benzene rings is 1. The van der Waals surface area contributed by atoms with Gasteiger partial charge in [0.15, 0.2) is 0 Å². The quantitative estimate of drug-likeness (QED) is 0.838. The molecule has 0 spiro atoms. The Kier molecular flexibility index (Phi) is 4.41. The van der Waals surface area contributed by atoms with Crippen LogP contribution in [-0.2, 0) is 6.54 Å². The number of hydrogen-bond donors (Lipinski definition) is 2. The summed E-state index contributed by atoms with van der Waals surface area (Å²) in [7, 11) is 0. The van der Waals surface area contributed by atoms with Crippen LogP contribution < -0.4 is 5.32 Å². The minimum atomic E-state index is 0.153. The number of aliphatic hydroxyl groups is 1. The predicted octanol–water partition coefficient (Wildman–Crippen LogP) is 2.95. The zero-order chi connectivity index (χ0) is 13.0. The normalized spacial score (nSPS) is 18.2. The first-order valence-corrected chi connectivity index (χ1v) is 7.03. The van der Waals surface area contributed by atoms with E-state index in [0.29, 0.717) is 6.61 Å². The number of rotatable bonds is 5. The van der Waals surface area contributed by atoms with Crippen molar-refractivity contribution in [3.05, 3.63) is 34.9 Å². The predicted molar refractivity (Wildman–Crippen MR) is 75.6 cm³/mol. The zero-order valence-electron chi connectivity index (χ0n) is 11.6. The molecule has 1 saturated carbocycles. The van der Waals surface area contributed by atoms with Gasteiger partial charge >= 0.3 is 0 Å². The van der Waals surface area contributed by atoms with Crippen molar-refractivity contribution in [2.45, 2.75) is 46.1 Å². The van der Waals surface area contributed by atoms with Crippen LogP contribution in [-0.4, -0.2) is 18.3 Å². The van der Waals surface area contributed by atoms with Crippen LogP contribution in [0.4, 0.5) is 0 Å². The van der Waals surface area contributed by atoms with Gasteiger partial charge in [0.2, 0.25) is 0 Å². The van der Waals surface area contributed by atoms with Crippen molar-refractivity contribution in [2.24, 2.45) is 5.41 Å². The van der Waals surface area contributed by atoms with Gasteiger partial charge < -0.3 is 10.4 Å². The fourth-order valence-electron chi connectivity index (χ4n) is 2.90. The van der Waals surface area contributed by atoms with Gasteiger partial charge in [-0.1, -0.05) is 31.0 Å². The summed E-state index contributed by atoms with van der Waals surface area (Å²) in [5.74, 6) is 0. The average molecular weight is 247 g/mol. The summed E-state index contributed by atoms with van der Waals surface area (Å²) in [6.07, 6.45) is 4.88. The Hall–Kier alpha value is -0.860. The molecule has 1 fully saturated rings. The van der Waals surface area contributed by atoms with E-state index in [2.05, 4.69) is 37.4 Å². The van der Waals surface area contributed by atoms with Crippen molar-refractivity contribution in [1.82, 2.24) is 5.32 Å². The van der Waals surface area contributed by atoms with Gasteiger partial charge in [0.25, 0.3) is 0 Å². The van der Waals surface area contributed by atoms with Crippen molar-refractivity contribution in [2.75, 3.05) is 13.2 Å².